The van der Waals surface area contributed by atoms with Gasteiger partial charge in [-0.1, -0.05) is 13.3 Å². The minimum Gasteiger partial charge on any atom is -0.299 e. The second-order valence-electron chi connectivity index (χ2n) is 3.42. The first-order chi connectivity index (χ1) is 6.50. The molecular formula is C11H12BOSW-. The molecule has 0 aliphatic heterocycles. The van der Waals surface area contributed by atoms with E-state index in [0.717, 1.165) is 11.1 Å². The predicted molar refractivity (Wildman–Crippen MR) is 62.6 cm³/mol. The third-order valence-corrected chi connectivity index (χ3v) is 2.69. The maximum Gasteiger partial charge on any atom is 0.141 e. The molecule has 1 unspecified atom stereocenters. The van der Waals surface area contributed by atoms with Gasteiger partial charge in [-0.3, -0.25) is 4.79 Å². The molecule has 0 aliphatic carbocycles. The van der Waals surface area contributed by atoms with Crippen molar-refractivity contribution in [2.45, 2.75) is 25.5 Å². The quantitative estimate of drug-likeness (QED) is 0.466. The zero-order valence-corrected chi connectivity index (χ0v) is 12.6. The van der Waals surface area contributed by atoms with Gasteiger partial charge in [0.25, 0.3) is 0 Å². The molecule has 0 aromatic heterocycles. The summed E-state index contributed by atoms with van der Waals surface area (Å²) in [7, 11) is 5.73. The number of carbonyl (C=O) groups is 1. The molecule has 0 N–H and O–H groups in total. The zero-order valence-electron chi connectivity index (χ0n) is 8.78. The van der Waals surface area contributed by atoms with Crippen molar-refractivity contribution in [3.63, 3.8) is 0 Å². The van der Waals surface area contributed by atoms with E-state index in [4.69, 9.17) is 7.85 Å². The second-order valence-corrected chi connectivity index (χ2v) is 4.04. The Morgan fingerprint density at radius 2 is 2.27 bits per heavy atom. The van der Waals surface area contributed by atoms with E-state index >= 15 is 0 Å². The van der Waals surface area contributed by atoms with Crippen LogP contribution >= 0.6 is 12.6 Å². The van der Waals surface area contributed by atoms with Gasteiger partial charge in [0.15, 0.2) is 0 Å². The van der Waals surface area contributed by atoms with Crippen LogP contribution in [0, 0.1) is 13.0 Å². The predicted octanol–water partition coefficient (Wildman–Crippen LogP) is 1.02. The van der Waals surface area contributed by atoms with Crippen molar-refractivity contribution in [1.82, 2.24) is 0 Å². The Balaban J connectivity index is 0.00000196. The SMILES string of the molecule is [B]c1cc(CC(S)C(C)=O)c[c-]c1C.[W]. The molecule has 0 spiro atoms. The number of hydrogen-bond donors (Lipinski definition) is 1. The van der Waals surface area contributed by atoms with E-state index in [1.165, 1.54) is 0 Å². The molecule has 0 bridgehead atoms. The molecule has 0 saturated carbocycles. The van der Waals surface area contributed by atoms with Gasteiger partial charge in [0.1, 0.15) is 5.78 Å². The van der Waals surface area contributed by atoms with Gasteiger partial charge in [-0.15, -0.1) is 0 Å². The van der Waals surface area contributed by atoms with Crippen LogP contribution in [0.2, 0.25) is 0 Å². The van der Waals surface area contributed by atoms with Crippen molar-refractivity contribution >= 4 is 31.7 Å². The van der Waals surface area contributed by atoms with E-state index in [0.29, 0.717) is 11.9 Å². The Bertz CT molecular complexity index is 354. The summed E-state index contributed by atoms with van der Waals surface area (Å²) in [6, 6.07) is 6.77. The molecule has 1 nitrogen and oxygen atoms in total. The Morgan fingerprint density at radius 3 is 2.73 bits per heavy atom. The molecule has 78 valence electrons. The number of hydrogen-bond acceptors (Lipinski definition) is 2. The van der Waals surface area contributed by atoms with E-state index in [-0.39, 0.29) is 32.1 Å². The first kappa shape index (κ1) is 15.0. The smallest absolute Gasteiger partial charge is 0.141 e. The molecule has 0 amide bonds. The molecule has 0 fully saturated rings. The molecule has 1 aromatic rings. The number of carbonyl (C=O) groups excluding carboxylic acids is 1. The van der Waals surface area contributed by atoms with Crippen LogP contribution in [-0.4, -0.2) is 18.9 Å². The molecule has 2 radical (unpaired) electrons. The van der Waals surface area contributed by atoms with Crippen LogP contribution in [0.1, 0.15) is 18.1 Å². The normalized spacial score (nSPS) is 11.7. The maximum atomic E-state index is 11.0. The summed E-state index contributed by atoms with van der Waals surface area (Å²) in [5.74, 6) is 0.0764. The van der Waals surface area contributed by atoms with Crippen molar-refractivity contribution in [3.8, 4) is 0 Å². The summed E-state index contributed by atoms with van der Waals surface area (Å²) < 4.78 is 0. The zero-order chi connectivity index (χ0) is 10.7. The summed E-state index contributed by atoms with van der Waals surface area (Å²) in [5.41, 5.74) is 2.65. The van der Waals surface area contributed by atoms with Crippen molar-refractivity contribution in [2.75, 3.05) is 0 Å². The monoisotopic (exact) mass is 387 g/mol. The van der Waals surface area contributed by atoms with Crippen molar-refractivity contribution < 1.29 is 25.9 Å². The van der Waals surface area contributed by atoms with Crippen LogP contribution in [-0.2, 0) is 32.3 Å². The largest absolute Gasteiger partial charge is 0.299 e. The van der Waals surface area contributed by atoms with Crippen molar-refractivity contribution in [3.05, 3.63) is 29.3 Å². The third kappa shape index (κ3) is 4.57. The summed E-state index contributed by atoms with van der Waals surface area (Å²) in [6.07, 6.45) is 0.611. The molecule has 15 heavy (non-hydrogen) atoms. The van der Waals surface area contributed by atoms with Gasteiger partial charge in [0.2, 0.25) is 0 Å². The van der Waals surface area contributed by atoms with Gasteiger partial charge in [-0.2, -0.15) is 47.4 Å². The number of thiol groups is 1. The van der Waals surface area contributed by atoms with Gasteiger partial charge >= 0.3 is 0 Å². The fraction of sp³-hybridized carbons (Fsp3) is 0.364. The average Bonchev–Trinajstić information content (AvgIpc) is 2.11. The topological polar surface area (TPSA) is 17.1 Å². The third-order valence-electron chi connectivity index (χ3n) is 2.15. The molecule has 1 atom stereocenters. The molecule has 1 aromatic carbocycles. The number of ketones is 1. The average molecular weight is 387 g/mol. The van der Waals surface area contributed by atoms with Crippen LogP contribution in [0.4, 0.5) is 0 Å². The Labute approximate surface area is 112 Å². The van der Waals surface area contributed by atoms with E-state index in [1.807, 2.05) is 19.1 Å². The van der Waals surface area contributed by atoms with Crippen LogP contribution in [0.5, 0.6) is 0 Å². The molecule has 0 heterocycles. The number of rotatable bonds is 3. The summed E-state index contributed by atoms with van der Waals surface area (Å²) in [5, 5.41) is -0.245. The van der Waals surface area contributed by atoms with E-state index < -0.39 is 0 Å². The van der Waals surface area contributed by atoms with Crippen LogP contribution < -0.4 is 5.46 Å². The van der Waals surface area contributed by atoms with Crippen LogP contribution in [0.3, 0.4) is 0 Å². The van der Waals surface area contributed by atoms with Gasteiger partial charge < -0.3 is 0 Å². The number of Topliss-reactive ketones (excluding diaryl/α,β-unsaturated/α-hetero) is 1. The minimum absolute atomic E-state index is 0. The van der Waals surface area contributed by atoms with Gasteiger partial charge in [-0.25, -0.2) is 0 Å². The number of aryl methyl sites for hydroxylation is 1. The Kier molecular flexibility index (Phi) is 6.55. The molecule has 0 aliphatic rings. The summed E-state index contributed by atoms with van der Waals surface area (Å²) in [4.78, 5) is 11.0. The summed E-state index contributed by atoms with van der Waals surface area (Å²) >= 11 is 4.19. The van der Waals surface area contributed by atoms with E-state index in [9.17, 15) is 4.79 Å². The minimum atomic E-state index is -0.245. The van der Waals surface area contributed by atoms with Crippen molar-refractivity contribution in [2.24, 2.45) is 0 Å². The van der Waals surface area contributed by atoms with Crippen LogP contribution in [0.25, 0.3) is 0 Å². The fourth-order valence-corrected chi connectivity index (χ4v) is 1.33. The molecule has 0 saturated heterocycles. The van der Waals surface area contributed by atoms with Crippen molar-refractivity contribution in [1.29, 1.82) is 0 Å². The van der Waals surface area contributed by atoms with Gasteiger partial charge in [0.05, 0.1) is 5.25 Å². The first-order valence-corrected chi connectivity index (χ1v) is 4.97. The fourth-order valence-electron chi connectivity index (χ4n) is 1.12. The van der Waals surface area contributed by atoms with Crippen LogP contribution in [0.15, 0.2) is 12.1 Å². The standard InChI is InChI=1S/C11H12BOS.W/c1-7-3-4-9(5-10(7)12)6-11(14)8(2)13;/h4-5,11,14H,6H2,1-2H3;/q-1;. The molecular weight excluding hydrogens is 375 g/mol. The second kappa shape index (κ2) is 6.55. The molecule has 4 heteroatoms. The van der Waals surface area contributed by atoms with E-state index in [1.54, 1.807) is 6.92 Å². The van der Waals surface area contributed by atoms with E-state index in [2.05, 4.69) is 18.7 Å². The summed E-state index contributed by atoms with van der Waals surface area (Å²) in [6.45, 7) is 3.45. The van der Waals surface area contributed by atoms with Gasteiger partial charge in [0, 0.05) is 28.9 Å². The number of benzene rings is 1. The Hall–Kier alpha value is -0.00675. The molecule has 1 rings (SSSR count). The van der Waals surface area contributed by atoms with Gasteiger partial charge in [-0.05, 0) is 6.92 Å². The Morgan fingerprint density at radius 1 is 1.67 bits per heavy atom. The maximum absolute atomic E-state index is 11.0. The first-order valence-electron chi connectivity index (χ1n) is 4.46.